The Morgan fingerprint density at radius 1 is 1.12 bits per heavy atom. The van der Waals surface area contributed by atoms with E-state index in [0.29, 0.717) is 27.8 Å². The molecule has 0 saturated carbocycles. The lowest BCUT2D eigenvalue weighted by Crippen LogP contribution is -2.18. The standard InChI is InChI=1S/C23H22ClF3N4O2S/c1-3-4-22(24)30-13-20(29-14-30)19-12-31(16-7-5-15(6-8-16)23(25,26)27)21-10-9-17(11-18(19)21)34(32,33)28-2/h5-14,22,28H,3-4H2,1-2H3. The van der Waals surface area contributed by atoms with E-state index in [0.717, 1.165) is 25.0 Å². The average Bonchev–Trinajstić information content (AvgIpc) is 3.43. The van der Waals surface area contributed by atoms with Crippen LogP contribution in [0.1, 0.15) is 30.8 Å². The number of imidazole rings is 1. The number of aromatic nitrogens is 3. The lowest BCUT2D eigenvalue weighted by molar-refractivity contribution is -0.137. The summed E-state index contributed by atoms with van der Waals surface area (Å²) in [6.07, 6.45) is 2.31. The van der Waals surface area contributed by atoms with Crippen LogP contribution in [-0.4, -0.2) is 29.6 Å². The van der Waals surface area contributed by atoms with E-state index in [1.54, 1.807) is 33.9 Å². The van der Waals surface area contributed by atoms with Gasteiger partial charge in [0, 0.05) is 29.0 Å². The molecule has 0 bridgehead atoms. The maximum absolute atomic E-state index is 13.0. The van der Waals surface area contributed by atoms with Gasteiger partial charge >= 0.3 is 6.18 Å². The number of alkyl halides is 4. The fourth-order valence-corrected chi connectivity index (χ4v) is 4.82. The molecule has 2 aromatic heterocycles. The molecule has 0 spiro atoms. The van der Waals surface area contributed by atoms with Crippen molar-refractivity contribution >= 4 is 32.5 Å². The summed E-state index contributed by atoms with van der Waals surface area (Å²) in [6, 6.07) is 9.38. The molecule has 11 heteroatoms. The number of hydrogen-bond donors (Lipinski definition) is 1. The van der Waals surface area contributed by atoms with Crippen LogP contribution in [0, 0.1) is 0 Å². The number of sulfonamides is 1. The van der Waals surface area contributed by atoms with E-state index in [2.05, 4.69) is 9.71 Å². The molecule has 0 aliphatic carbocycles. The van der Waals surface area contributed by atoms with Crippen molar-refractivity contribution in [3.05, 3.63) is 66.7 Å². The first-order valence-corrected chi connectivity index (χ1v) is 12.4. The number of fused-ring (bicyclic) bond motifs is 1. The van der Waals surface area contributed by atoms with Crippen molar-refractivity contribution in [2.75, 3.05) is 7.05 Å². The highest BCUT2D eigenvalue weighted by molar-refractivity contribution is 7.89. The topological polar surface area (TPSA) is 68.9 Å². The Labute approximate surface area is 200 Å². The van der Waals surface area contributed by atoms with E-state index in [4.69, 9.17) is 11.6 Å². The van der Waals surface area contributed by atoms with E-state index in [-0.39, 0.29) is 10.4 Å². The summed E-state index contributed by atoms with van der Waals surface area (Å²) in [5.74, 6) is 0. The molecule has 4 rings (SSSR count). The van der Waals surface area contributed by atoms with Gasteiger partial charge in [-0.15, -0.1) is 0 Å². The first-order valence-electron chi connectivity index (χ1n) is 10.5. The van der Waals surface area contributed by atoms with Gasteiger partial charge in [0.1, 0.15) is 5.50 Å². The normalized spacial score (nSPS) is 13.5. The molecule has 0 radical (unpaired) electrons. The Bertz CT molecular complexity index is 1430. The number of hydrogen-bond acceptors (Lipinski definition) is 3. The summed E-state index contributed by atoms with van der Waals surface area (Å²) in [5, 5.41) is 0.586. The third-order valence-corrected chi connectivity index (χ3v) is 7.41. The van der Waals surface area contributed by atoms with E-state index in [1.807, 2.05) is 6.92 Å². The fraction of sp³-hybridized carbons (Fsp3) is 0.261. The largest absolute Gasteiger partial charge is 0.416 e. The zero-order valence-corrected chi connectivity index (χ0v) is 19.9. The van der Waals surface area contributed by atoms with Crippen LogP contribution in [0.15, 0.2) is 66.1 Å². The van der Waals surface area contributed by atoms with Gasteiger partial charge in [0.2, 0.25) is 10.0 Å². The number of nitrogens with zero attached hydrogens (tertiary/aromatic N) is 3. The molecule has 1 unspecified atom stereocenters. The minimum Gasteiger partial charge on any atom is -0.320 e. The van der Waals surface area contributed by atoms with Gasteiger partial charge in [-0.2, -0.15) is 13.2 Å². The molecule has 0 fully saturated rings. The summed E-state index contributed by atoms with van der Waals surface area (Å²) < 4.78 is 69.7. The molecule has 0 aliphatic heterocycles. The second-order valence-electron chi connectivity index (χ2n) is 7.77. The third-order valence-electron chi connectivity index (χ3n) is 5.56. The van der Waals surface area contributed by atoms with Crippen LogP contribution in [0.2, 0.25) is 0 Å². The quantitative estimate of drug-likeness (QED) is 0.312. The Balaban J connectivity index is 1.90. The van der Waals surface area contributed by atoms with Gasteiger partial charge in [-0.3, -0.25) is 0 Å². The lowest BCUT2D eigenvalue weighted by atomic mass is 10.1. The SMILES string of the molecule is CCCC(Cl)n1cnc(-c2cn(-c3ccc(C(F)(F)F)cc3)c3ccc(S(=O)(=O)NC)cc23)c1. The second-order valence-corrected chi connectivity index (χ2v) is 10.2. The molecule has 2 heterocycles. The van der Waals surface area contributed by atoms with Crippen molar-refractivity contribution < 1.29 is 21.6 Å². The van der Waals surface area contributed by atoms with Crippen molar-refractivity contribution in [3.63, 3.8) is 0 Å². The molecule has 34 heavy (non-hydrogen) atoms. The van der Waals surface area contributed by atoms with Gasteiger partial charge in [-0.05, 0) is 55.9 Å². The minimum atomic E-state index is -4.44. The van der Waals surface area contributed by atoms with Gasteiger partial charge in [-0.25, -0.2) is 18.1 Å². The van der Waals surface area contributed by atoms with Crippen LogP contribution in [0.4, 0.5) is 13.2 Å². The van der Waals surface area contributed by atoms with Crippen LogP contribution >= 0.6 is 11.6 Å². The molecule has 180 valence electrons. The van der Waals surface area contributed by atoms with Crippen molar-refractivity contribution in [1.29, 1.82) is 0 Å². The van der Waals surface area contributed by atoms with E-state index < -0.39 is 21.8 Å². The number of halogens is 4. The first-order chi connectivity index (χ1) is 16.0. The molecule has 6 nitrogen and oxygen atoms in total. The third kappa shape index (κ3) is 4.57. The highest BCUT2D eigenvalue weighted by Gasteiger charge is 2.30. The lowest BCUT2D eigenvalue weighted by Gasteiger charge is -2.09. The molecule has 1 N–H and O–H groups in total. The van der Waals surface area contributed by atoms with Crippen LogP contribution in [0.5, 0.6) is 0 Å². The Hall–Kier alpha value is -2.82. The van der Waals surface area contributed by atoms with Crippen molar-refractivity contribution in [1.82, 2.24) is 18.8 Å². The molecule has 1 atom stereocenters. The molecule has 0 aliphatic rings. The number of nitrogens with one attached hydrogen (secondary N) is 1. The molecular formula is C23H22ClF3N4O2S. The Kier molecular flexibility index (Phi) is 6.50. The Morgan fingerprint density at radius 2 is 1.82 bits per heavy atom. The van der Waals surface area contributed by atoms with Crippen molar-refractivity contribution in [2.24, 2.45) is 0 Å². The van der Waals surface area contributed by atoms with Crippen LogP contribution in [-0.2, 0) is 16.2 Å². The maximum Gasteiger partial charge on any atom is 0.416 e. The molecule has 2 aromatic carbocycles. The van der Waals surface area contributed by atoms with Crippen molar-refractivity contribution in [3.8, 4) is 16.9 Å². The predicted molar refractivity (Wildman–Crippen MR) is 126 cm³/mol. The fourth-order valence-electron chi connectivity index (χ4n) is 3.74. The summed E-state index contributed by atoms with van der Waals surface area (Å²) in [4.78, 5) is 4.52. The summed E-state index contributed by atoms with van der Waals surface area (Å²) in [6.45, 7) is 2.02. The van der Waals surface area contributed by atoms with Crippen molar-refractivity contribution in [2.45, 2.75) is 36.3 Å². The average molecular weight is 511 g/mol. The van der Waals surface area contributed by atoms with Gasteiger partial charge in [0.25, 0.3) is 0 Å². The highest BCUT2D eigenvalue weighted by Crippen LogP contribution is 2.35. The minimum absolute atomic E-state index is 0.0644. The first kappa shape index (κ1) is 24.3. The molecule has 0 amide bonds. The van der Waals surface area contributed by atoms with Gasteiger partial charge in [0.05, 0.1) is 28.0 Å². The summed E-state index contributed by atoms with van der Waals surface area (Å²) in [7, 11) is -2.39. The summed E-state index contributed by atoms with van der Waals surface area (Å²) >= 11 is 6.42. The predicted octanol–water partition coefficient (Wildman–Crippen LogP) is 5.96. The van der Waals surface area contributed by atoms with Gasteiger partial charge in [-0.1, -0.05) is 24.9 Å². The van der Waals surface area contributed by atoms with Gasteiger partial charge < -0.3 is 9.13 Å². The molecule has 0 saturated heterocycles. The number of benzene rings is 2. The van der Waals surface area contributed by atoms with Gasteiger partial charge in [0.15, 0.2) is 0 Å². The van der Waals surface area contributed by atoms with E-state index in [1.165, 1.54) is 31.3 Å². The molecule has 4 aromatic rings. The van der Waals surface area contributed by atoms with Crippen LogP contribution in [0.3, 0.4) is 0 Å². The van der Waals surface area contributed by atoms with Crippen LogP contribution < -0.4 is 4.72 Å². The maximum atomic E-state index is 13.0. The zero-order chi connectivity index (χ0) is 24.7. The van der Waals surface area contributed by atoms with Crippen LogP contribution in [0.25, 0.3) is 27.8 Å². The zero-order valence-electron chi connectivity index (χ0n) is 18.3. The highest BCUT2D eigenvalue weighted by atomic mass is 35.5. The Morgan fingerprint density at radius 3 is 2.44 bits per heavy atom. The second kappa shape index (κ2) is 9.09. The molecular weight excluding hydrogens is 489 g/mol. The smallest absolute Gasteiger partial charge is 0.320 e. The monoisotopic (exact) mass is 510 g/mol. The van der Waals surface area contributed by atoms with E-state index in [9.17, 15) is 21.6 Å². The summed E-state index contributed by atoms with van der Waals surface area (Å²) in [5.41, 5.74) is 1.27. The van der Waals surface area contributed by atoms with E-state index >= 15 is 0 Å². The number of rotatable bonds is 7.